The lowest BCUT2D eigenvalue weighted by Gasteiger charge is -2.30. The predicted octanol–water partition coefficient (Wildman–Crippen LogP) is 0.940. The summed E-state index contributed by atoms with van der Waals surface area (Å²) in [5.74, 6) is -0.819. The Hall–Kier alpha value is -2.42. The summed E-state index contributed by atoms with van der Waals surface area (Å²) >= 11 is 0. The molecule has 1 aromatic carbocycles. The molecule has 4 amide bonds. The minimum absolute atomic E-state index is 0.00467. The van der Waals surface area contributed by atoms with Gasteiger partial charge in [0.15, 0.2) is 9.84 Å². The number of hydrogen-bond donors (Lipinski definition) is 1. The first-order valence-corrected chi connectivity index (χ1v) is 11.7. The van der Waals surface area contributed by atoms with Crippen molar-refractivity contribution in [2.45, 2.75) is 50.7 Å². The molecule has 2 aliphatic heterocycles. The van der Waals surface area contributed by atoms with Gasteiger partial charge in [0, 0.05) is 12.1 Å². The van der Waals surface area contributed by atoms with E-state index in [9.17, 15) is 22.8 Å². The van der Waals surface area contributed by atoms with Crippen molar-refractivity contribution < 1.29 is 22.8 Å². The molecule has 1 N–H and O–H groups in total. The van der Waals surface area contributed by atoms with Crippen molar-refractivity contribution in [3.05, 3.63) is 35.4 Å². The number of sulfone groups is 1. The van der Waals surface area contributed by atoms with E-state index in [0.29, 0.717) is 12.0 Å². The van der Waals surface area contributed by atoms with Crippen LogP contribution in [0.5, 0.6) is 0 Å². The molecule has 2 saturated heterocycles. The lowest BCUT2D eigenvalue weighted by atomic mass is 9.91. The van der Waals surface area contributed by atoms with Crippen LogP contribution in [0.2, 0.25) is 0 Å². The Labute approximate surface area is 170 Å². The molecular weight excluding hydrogens is 394 g/mol. The first-order valence-electron chi connectivity index (χ1n) is 9.83. The highest BCUT2D eigenvalue weighted by atomic mass is 32.2. The van der Waals surface area contributed by atoms with Crippen molar-refractivity contribution in [3.63, 3.8) is 0 Å². The number of aryl methyl sites for hydroxylation is 1. The van der Waals surface area contributed by atoms with Gasteiger partial charge in [0.2, 0.25) is 5.91 Å². The van der Waals surface area contributed by atoms with Gasteiger partial charge < -0.3 is 10.2 Å². The van der Waals surface area contributed by atoms with Gasteiger partial charge in [-0.25, -0.2) is 13.2 Å². The molecule has 4 rings (SSSR count). The van der Waals surface area contributed by atoms with Crippen molar-refractivity contribution in [2.24, 2.45) is 0 Å². The Balaban J connectivity index is 1.52. The zero-order valence-corrected chi connectivity index (χ0v) is 17.4. The lowest BCUT2D eigenvalue weighted by molar-refractivity contribution is -0.140. The fourth-order valence-corrected chi connectivity index (χ4v) is 5.90. The van der Waals surface area contributed by atoms with E-state index in [1.54, 1.807) is 24.0 Å². The number of urea groups is 1. The largest absolute Gasteiger partial charge is 0.334 e. The fourth-order valence-electron chi connectivity index (χ4n) is 4.19. The molecule has 0 bridgehead atoms. The molecule has 8 nitrogen and oxygen atoms in total. The van der Waals surface area contributed by atoms with Crippen LogP contribution in [0, 0.1) is 6.92 Å². The zero-order valence-electron chi connectivity index (χ0n) is 16.6. The number of nitrogens with one attached hydrogen (secondary N) is 1. The SMILES string of the molecule is Cc1ccc([C@]2(C)NC(=O)N(CC(=O)N(C3CC3)[C@H]3CCS(=O)(=O)C3)C2=O)cc1. The molecule has 1 aliphatic carbocycles. The number of carbonyl (C=O) groups is 3. The Kier molecular flexibility index (Phi) is 4.68. The van der Waals surface area contributed by atoms with Crippen LogP contribution in [0.4, 0.5) is 4.79 Å². The van der Waals surface area contributed by atoms with E-state index >= 15 is 0 Å². The molecule has 1 saturated carbocycles. The number of amides is 4. The second kappa shape index (κ2) is 6.83. The molecular formula is C20H25N3O5S. The van der Waals surface area contributed by atoms with Gasteiger partial charge in [-0.15, -0.1) is 0 Å². The highest BCUT2D eigenvalue weighted by molar-refractivity contribution is 7.91. The maximum atomic E-state index is 13.1. The van der Waals surface area contributed by atoms with Crippen LogP contribution in [0.25, 0.3) is 0 Å². The van der Waals surface area contributed by atoms with E-state index in [1.807, 2.05) is 19.1 Å². The minimum atomic E-state index is -3.14. The lowest BCUT2D eigenvalue weighted by Crippen LogP contribution is -2.49. The van der Waals surface area contributed by atoms with Crippen LogP contribution in [-0.4, -0.2) is 66.2 Å². The van der Waals surface area contributed by atoms with E-state index in [1.165, 1.54) is 0 Å². The van der Waals surface area contributed by atoms with Crippen LogP contribution in [0.3, 0.4) is 0 Å². The smallest absolute Gasteiger partial charge is 0.325 e. The molecule has 3 aliphatic rings. The maximum Gasteiger partial charge on any atom is 0.325 e. The summed E-state index contributed by atoms with van der Waals surface area (Å²) in [7, 11) is -3.14. The Bertz CT molecular complexity index is 970. The number of rotatable bonds is 5. The summed E-state index contributed by atoms with van der Waals surface area (Å²) in [6.45, 7) is 3.19. The average molecular weight is 420 g/mol. The number of carbonyl (C=O) groups excluding carboxylic acids is 3. The van der Waals surface area contributed by atoms with Crippen LogP contribution < -0.4 is 5.32 Å². The van der Waals surface area contributed by atoms with Gasteiger partial charge in [-0.05, 0) is 38.7 Å². The number of benzene rings is 1. The van der Waals surface area contributed by atoms with Crippen molar-refractivity contribution >= 4 is 27.7 Å². The van der Waals surface area contributed by atoms with Crippen LogP contribution in [-0.2, 0) is 25.0 Å². The molecule has 0 spiro atoms. The van der Waals surface area contributed by atoms with Crippen LogP contribution >= 0.6 is 0 Å². The first kappa shape index (κ1) is 19.9. The second-order valence-electron chi connectivity index (χ2n) is 8.40. The molecule has 0 aromatic heterocycles. The van der Waals surface area contributed by atoms with Gasteiger partial charge in [0.05, 0.1) is 11.5 Å². The van der Waals surface area contributed by atoms with Crippen molar-refractivity contribution in [3.8, 4) is 0 Å². The highest BCUT2D eigenvalue weighted by Crippen LogP contribution is 2.33. The van der Waals surface area contributed by atoms with Gasteiger partial charge in [-0.1, -0.05) is 29.8 Å². The Morgan fingerprint density at radius 3 is 2.38 bits per heavy atom. The van der Waals surface area contributed by atoms with Gasteiger partial charge in [0.25, 0.3) is 5.91 Å². The number of hydrogen-bond acceptors (Lipinski definition) is 5. The summed E-state index contributed by atoms with van der Waals surface area (Å²) < 4.78 is 23.7. The van der Waals surface area contributed by atoms with E-state index in [4.69, 9.17) is 0 Å². The Morgan fingerprint density at radius 2 is 1.83 bits per heavy atom. The van der Waals surface area contributed by atoms with Crippen molar-refractivity contribution in [1.29, 1.82) is 0 Å². The predicted molar refractivity (Wildman–Crippen MR) is 106 cm³/mol. The number of imide groups is 1. The summed E-state index contributed by atoms with van der Waals surface area (Å²) in [4.78, 5) is 41.2. The van der Waals surface area contributed by atoms with E-state index in [0.717, 1.165) is 23.3 Å². The third-order valence-electron chi connectivity index (χ3n) is 6.03. The second-order valence-corrected chi connectivity index (χ2v) is 10.6. The molecule has 29 heavy (non-hydrogen) atoms. The van der Waals surface area contributed by atoms with Gasteiger partial charge >= 0.3 is 6.03 Å². The molecule has 3 fully saturated rings. The maximum absolute atomic E-state index is 13.1. The molecule has 156 valence electrons. The molecule has 2 heterocycles. The van der Waals surface area contributed by atoms with E-state index in [2.05, 4.69) is 5.32 Å². The normalized spacial score (nSPS) is 28.5. The third-order valence-corrected chi connectivity index (χ3v) is 7.78. The van der Waals surface area contributed by atoms with Crippen molar-refractivity contribution in [1.82, 2.24) is 15.1 Å². The van der Waals surface area contributed by atoms with Gasteiger partial charge in [-0.2, -0.15) is 0 Å². The molecule has 2 atom stereocenters. The summed E-state index contributed by atoms with van der Waals surface area (Å²) in [5.41, 5.74) is 0.455. The van der Waals surface area contributed by atoms with Gasteiger partial charge in [-0.3, -0.25) is 14.5 Å². The highest BCUT2D eigenvalue weighted by Gasteiger charge is 2.51. The van der Waals surface area contributed by atoms with Crippen LogP contribution in [0.1, 0.15) is 37.3 Å². The quantitative estimate of drug-likeness (QED) is 0.716. The third kappa shape index (κ3) is 3.63. The van der Waals surface area contributed by atoms with E-state index in [-0.39, 0.29) is 36.0 Å². The zero-order chi connectivity index (χ0) is 21.0. The minimum Gasteiger partial charge on any atom is -0.334 e. The topological polar surface area (TPSA) is 104 Å². The molecule has 9 heteroatoms. The molecule has 0 unspecified atom stereocenters. The van der Waals surface area contributed by atoms with E-state index < -0.39 is 27.3 Å². The number of nitrogens with zero attached hydrogens (tertiary/aromatic N) is 2. The van der Waals surface area contributed by atoms with Crippen LogP contribution in [0.15, 0.2) is 24.3 Å². The molecule has 1 aromatic rings. The fraction of sp³-hybridized carbons (Fsp3) is 0.550. The summed E-state index contributed by atoms with van der Waals surface area (Å²) in [5, 5.41) is 2.71. The summed E-state index contributed by atoms with van der Waals surface area (Å²) in [6, 6.07) is 6.33. The Morgan fingerprint density at radius 1 is 1.17 bits per heavy atom. The first-order chi connectivity index (χ1) is 13.6. The standard InChI is InChI=1S/C20H25N3O5S/c1-13-3-5-14(6-4-13)20(2)18(25)22(19(26)21-20)11-17(24)23(15-7-8-15)16-9-10-29(27,28)12-16/h3-6,15-16H,7-12H2,1-2H3,(H,21,26)/t16-,20-/m0/s1. The average Bonchev–Trinajstić information content (AvgIpc) is 3.37. The van der Waals surface area contributed by atoms with Crippen molar-refractivity contribution in [2.75, 3.05) is 18.1 Å². The monoisotopic (exact) mass is 419 g/mol. The van der Waals surface area contributed by atoms with Gasteiger partial charge in [0.1, 0.15) is 12.1 Å². The molecule has 0 radical (unpaired) electrons. The summed E-state index contributed by atoms with van der Waals surface area (Å²) in [6.07, 6.45) is 2.05.